The van der Waals surface area contributed by atoms with Gasteiger partial charge in [0.05, 0.1) is 6.04 Å². The van der Waals surface area contributed by atoms with E-state index in [0.717, 1.165) is 11.1 Å². The van der Waals surface area contributed by atoms with Crippen LogP contribution in [0.15, 0.2) is 46.9 Å². The van der Waals surface area contributed by atoms with E-state index in [9.17, 15) is 8.78 Å². The number of nitrogens with one attached hydrogen (secondary N) is 1. The summed E-state index contributed by atoms with van der Waals surface area (Å²) in [5.41, 5.74) is 1.54. The molecule has 2 aromatic rings. The van der Waals surface area contributed by atoms with Gasteiger partial charge in [0.15, 0.2) is 0 Å². The Labute approximate surface area is 119 Å². The maximum Gasteiger partial charge on any atom is 0.124 e. The highest BCUT2D eigenvalue weighted by atomic mass is 79.9. The van der Waals surface area contributed by atoms with Gasteiger partial charge in [-0.1, -0.05) is 35.0 Å². The molecular weight excluding hydrogens is 312 g/mol. The lowest BCUT2D eigenvalue weighted by Crippen LogP contribution is -2.22. The molecule has 0 heterocycles. The van der Waals surface area contributed by atoms with Crippen molar-refractivity contribution in [1.29, 1.82) is 0 Å². The second-order valence-electron chi connectivity index (χ2n) is 4.25. The summed E-state index contributed by atoms with van der Waals surface area (Å²) in [4.78, 5) is 0. The quantitative estimate of drug-likeness (QED) is 0.877. The first-order valence-electron chi connectivity index (χ1n) is 6.05. The number of benzene rings is 2. The minimum atomic E-state index is -0.316. The number of hydrogen-bond donors (Lipinski definition) is 1. The van der Waals surface area contributed by atoms with Gasteiger partial charge < -0.3 is 5.32 Å². The van der Waals surface area contributed by atoms with E-state index in [2.05, 4.69) is 21.2 Å². The summed E-state index contributed by atoms with van der Waals surface area (Å²) in [6.07, 6.45) is 0. The molecule has 0 amide bonds. The van der Waals surface area contributed by atoms with Crippen LogP contribution in [0.2, 0.25) is 0 Å². The third kappa shape index (κ3) is 3.61. The van der Waals surface area contributed by atoms with Gasteiger partial charge in [-0.15, -0.1) is 0 Å². The van der Waals surface area contributed by atoms with Gasteiger partial charge in [0.25, 0.3) is 0 Å². The van der Waals surface area contributed by atoms with Crippen LogP contribution in [-0.2, 0) is 0 Å². The molecule has 2 rings (SSSR count). The first kappa shape index (κ1) is 14.2. The Morgan fingerprint density at radius 2 is 1.79 bits per heavy atom. The van der Waals surface area contributed by atoms with Crippen LogP contribution in [-0.4, -0.2) is 6.54 Å². The third-order valence-corrected chi connectivity index (χ3v) is 3.27. The second-order valence-corrected chi connectivity index (χ2v) is 5.16. The molecule has 4 heteroatoms. The molecule has 0 aromatic heterocycles. The number of hydrogen-bond acceptors (Lipinski definition) is 1. The van der Waals surface area contributed by atoms with E-state index in [0.29, 0.717) is 11.0 Å². The summed E-state index contributed by atoms with van der Waals surface area (Å²) >= 11 is 3.28. The smallest absolute Gasteiger partial charge is 0.124 e. The van der Waals surface area contributed by atoms with Crippen molar-refractivity contribution < 1.29 is 8.78 Å². The van der Waals surface area contributed by atoms with Crippen LogP contribution in [0.5, 0.6) is 0 Å². The summed E-state index contributed by atoms with van der Waals surface area (Å²) < 4.78 is 27.5. The number of rotatable bonds is 4. The van der Waals surface area contributed by atoms with Crippen molar-refractivity contribution in [2.75, 3.05) is 6.54 Å². The molecule has 0 aliphatic carbocycles. The van der Waals surface area contributed by atoms with E-state index in [4.69, 9.17) is 0 Å². The molecule has 0 radical (unpaired) electrons. The van der Waals surface area contributed by atoms with Crippen molar-refractivity contribution in [2.24, 2.45) is 0 Å². The molecule has 100 valence electrons. The molecular formula is C15H14BrF2N. The Kier molecular flexibility index (Phi) is 4.66. The zero-order valence-electron chi connectivity index (χ0n) is 10.5. The SMILES string of the molecule is CCNC(c1cccc(F)c1)c1cc(F)cc(Br)c1. The molecule has 1 N–H and O–H groups in total. The van der Waals surface area contributed by atoms with Crippen LogP contribution in [0, 0.1) is 11.6 Å². The minimum absolute atomic E-state index is 0.229. The van der Waals surface area contributed by atoms with Crippen LogP contribution in [0.4, 0.5) is 8.78 Å². The highest BCUT2D eigenvalue weighted by molar-refractivity contribution is 9.10. The Balaban J connectivity index is 2.44. The zero-order chi connectivity index (χ0) is 13.8. The lowest BCUT2D eigenvalue weighted by molar-refractivity contribution is 0.592. The Hall–Kier alpha value is -1.26. The van der Waals surface area contributed by atoms with Crippen LogP contribution >= 0.6 is 15.9 Å². The Morgan fingerprint density at radius 1 is 1.05 bits per heavy atom. The molecule has 1 atom stereocenters. The van der Waals surface area contributed by atoms with Crippen molar-refractivity contribution >= 4 is 15.9 Å². The predicted octanol–water partition coefficient (Wildman–Crippen LogP) is 4.43. The maximum atomic E-state index is 13.5. The van der Waals surface area contributed by atoms with Gasteiger partial charge in [-0.05, 0) is 48.0 Å². The van der Waals surface area contributed by atoms with Gasteiger partial charge in [0.1, 0.15) is 11.6 Å². The van der Waals surface area contributed by atoms with Gasteiger partial charge in [0, 0.05) is 4.47 Å². The minimum Gasteiger partial charge on any atom is -0.307 e. The van der Waals surface area contributed by atoms with E-state index in [-0.39, 0.29) is 17.7 Å². The van der Waals surface area contributed by atoms with Gasteiger partial charge in [-0.2, -0.15) is 0 Å². The normalized spacial score (nSPS) is 12.4. The molecule has 0 bridgehead atoms. The largest absolute Gasteiger partial charge is 0.307 e. The van der Waals surface area contributed by atoms with E-state index in [1.807, 2.05) is 19.1 Å². The van der Waals surface area contributed by atoms with E-state index < -0.39 is 0 Å². The first-order chi connectivity index (χ1) is 9.10. The van der Waals surface area contributed by atoms with Crippen LogP contribution < -0.4 is 5.32 Å². The van der Waals surface area contributed by atoms with Crippen molar-refractivity contribution in [3.05, 3.63) is 69.7 Å². The predicted molar refractivity (Wildman–Crippen MR) is 76.0 cm³/mol. The van der Waals surface area contributed by atoms with Gasteiger partial charge in [0.2, 0.25) is 0 Å². The van der Waals surface area contributed by atoms with Crippen molar-refractivity contribution in [1.82, 2.24) is 5.32 Å². The highest BCUT2D eigenvalue weighted by Crippen LogP contribution is 2.26. The monoisotopic (exact) mass is 325 g/mol. The molecule has 0 saturated carbocycles. The summed E-state index contributed by atoms with van der Waals surface area (Å²) in [5, 5.41) is 3.24. The Bertz CT molecular complexity index is 552. The summed E-state index contributed by atoms with van der Waals surface area (Å²) in [5.74, 6) is -0.612. The summed E-state index contributed by atoms with van der Waals surface area (Å²) in [6, 6.07) is 10.8. The van der Waals surface area contributed by atoms with E-state index in [1.165, 1.54) is 24.3 Å². The fourth-order valence-electron chi connectivity index (χ4n) is 2.06. The standard InChI is InChI=1S/C15H14BrF2N/c1-2-19-15(10-4-3-5-13(17)7-10)11-6-12(16)9-14(18)8-11/h3-9,15,19H,2H2,1H3. The molecule has 0 fully saturated rings. The van der Waals surface area contributed by atoms with Gasteiger partial charge in [-0.3, -0.25) is 0 Å². The van der Waals surface area contributed by atoms with Gasteiger partial charge >= 0.3 is 0 Å². The highest BCUT2D eigenvalue weighted by Gasteiger charge is 2.15. The average Bonchev–Trinajstić information content (AvgIpc) is 2.34. The van der Waals surface area contributed by atoms with Crippen molar-refractivity contribution in [3.8, 4) is 0 Å². The average molecular weight is 326 g/mol. The topological polar surface area (TPSA) is 12.0 Å². The van der Waals surface area contributed by atoms with Crippen molar-refractivity contribution in [2.45, 2.75) is 13.0 Å². The molecule has 19 heavy (non-hydrogen) atoms. The maximum absolute atomic E-state index is 13.5. The third-order valence-electron chi connectivity index (χ3n) is 2.81. The summed E-state index contributed by atoms with van der Waals surface area (Å²) in [7, 11) is 0. The lowest BCUT2D eigenvalue weighted by atomic mass is 9.98. The van der Waals surface area contributed by atoms with Crippen molar-refractivity contribution in [3.63, 3.8) is 0 Å². The van der Waals surface area contributed by atoms with Gasteiger partial charge in [-0.25, -0.2) is 8.78 Å². The molecule has 2 aromatic carbocycles. The fourth-order valence-corrected chi connectivity index (χ4v) is 2.54. The lowest BCUT2D eigenvalue weighted by Gasteiger charge is -2.19. The van der Waals surface area contributed by atoms with Crippen LogP contribution in [0.1, 0.15) is 24.1 Å². The summed E-state index contributed by atoms with van der Waals surface area (Å²) in [6.45, 7) is 2.66. The van der Waals surface area contributed by atoms with E-state index in [1.54, 1.807) is 6.07 Å². The second kappa shape index (κ2) is 6.26. The molecule has 0 saturated heterocycles. The molecule has 0 aliphatic heterocycles. The molecule has 0 spiro atoms. The fraction of sp³-hybridized carbons (Fsp3) is 0.200. The molecule has 0 aliphatic rings. The Morgan fingerprint density at radius 3 is 2.42 bits per heavy atom. The zero-order valence-corrected chi connectivity index (χ0v) is 12.0. The van der Waals surface area contributed by atoms with Crippen LogP contribution in [0.3, 0.4) is 0 Å². The van der Waals surface area contributed by atoms with E-state index >= 15 is 0 Å². The number of halogens is 3. The molecule has 1 nitrogen and oxygen atoms in total. The van der Waals surface area contributed by atoms with Crippen LogP contribution in [0.25, 0.3) is 0 Å². The molecule has 1 unspecified atom stereocenters. The first-order valence-corrected chi connectivity index (χ1v) is 6.84.